The predicted octanol–water partition coefficient (Wildman–Crippen LogP) is 0.857. The molecule has 0 saturated carbocycles. The lowest BCUT2D eigenvalue weighted by Crippen LogP contribution is -2.19. The van der Waals surface area contributed by atoms with E-state index in [0.717, 1.165) is 6.20 Å². The van der Waals surface area contributed by atoms with Gasteiger partial charge < -0.3 is 5.32 Å². The quantitative estimate of drug-likeness (QED) is 0.898. The van der Waals surface area contributed by atoms with Crippen molar-refractivity contribution >= 4 is 0 Å². The molecule has 0 bridgehead atoms. The highest BCUT2D eigenvalue weighted by atomic mass is 19.4. The Morgan fingerprint density at radius 1 is 1.26 bits per heavy atom. The standard InChI is InChI=1S/C10H13F3N6/c1-18-6-7(16-17-18)3-14-5-9-8(10(11,12)13)4-15-19(9)2/h4,6,14H,3,5H2,1-2H3. The molecule has 2 aromatic heterocycles. The summed E-state index contributed by atoms with van der Waals surface area (Å²) in [6, 6.07) is 0. The van der Waals surface area contributed by atoms with E-state index in [1.165, 1.54) is 16.4 Å². The van der Waals surface area contributed by atoms with Gasteiger partial charge in [-0.05, 0) is 0 Å². The summed E-state index contributed by atoms with van der Waals surface area (Å²) < 4.78 is 40.9. The van der Waals surface area contributed by atoms with Gasteiger partial charge in [-0.25, -0.2) is 0 Å². The molecular weight excluding hydrogens is 261 g/mol. The van der Waals surface area contributed by atoms with E-state index >= 15 is 0 Å². The highest BCUT2D eigenvalue weighted by Crippen LogP contribution is 2.31. The predicted molar refractivity (Wildman–Crippen MR) is 59.8 cm³/mol. The summed E-state index contributed by atoms with van der Waals surface area (Å²) in [6.45, 7) is 0.401. The molecule has 0 unspecified atom stereocenters. The molecule has 6 nitrogen and oxygen atoms in total. The monoisotopic (exact) mass is 274 g/mol. The minimum absolute atomic E-state index is 0.0575. The molecule has 2 aromatic rings. The second-order valence-electron chi connectivity index (χ2n) is 4.11. The first-order valence-corrected chi connectivity index (χ1v) is 5.52. The SMILES string of the molecule is Cn1cc(CNCc2c(C(F)(F)F)cnn2C)nn1. The second-order valence-corrected chi connectivity index (χ2v) is 4.11. The lowest BCUT2D eigenvalue weighted by molar-refractivity contribution is -0.138. The minimum Gasteiger partial charge on any atom is -0.305 e. The van der Waals surface area contributed by atoms with E-state index in [0.29, 0.717) is 12.2 Å². The zero-order valence-corrected chi connectivity index (χ0v) is 10.4. The Morgan fingerprint density at radius 3 is 2.58 bits per heavy atom. The fourth-order valence-corrected chi connectivity index (χ4v) is 1.69. The molecule has 19 heavy (non-hydrogen) atoms. The largest absolute Gasteiger partial charge is 0.419 e. The van der Waals surface area contributed by atoms with E-state index in [1.54, 1.807) is 13.2 Å². The van der Waals surface area contributed by atoms with E-state index in [1.807, 2.05) is 0 Å². The fraction of sp³-hybridized carbons (Fsp3) is 0.500. The average Bonchev–Trinajstić information content (AvgIpc) is 2.86. The molecule has 2 rings (SSSR count). The van der Waals surface area contributed by atoms with Crippen molar-refractivity contribution < 1.29 is 13.2 Å². The Bertz CT molecular complexity index is 556. The Balaban J connectivity index is 2.01. The molecule has 0 aliphatic heterocycles. The maximum atomic E-state index is 12.7. The molecule has 2 heterocycles. The van der Waals surface area contributed by atoms with Crippen LogP contribution in [0.5, 0.6) is 0 Å². The number of hydrogen-bond donors (Lipinski definition) is 1. The van der Waals surface area contributed by atoms with Gasteiger partial charge in [0.15, 0.2) is 0 Å². The summed E-state index contributed by atoms with van der Waals surface area (Å²) in [7, 11) is 3.20. The molecule has 0 fully saturated rings. The number of alkyl halides is 3. The van der Waals surface area contributed by atoms with Crippen molar-refractivity contribution in [2.24, 2.45) is 14.1 Å². The zero-order valence-electron chi connectivity index (χ0n) is 10.4. The van der Waals surface area contributed by atoms with E-state index in [9.17, 15) is 13.2 Å². The Hall–Kier alpha value is -1.90. The minimum atomic E-state index is -4.39. The molecule has 0 aromatic carbocycles. The van der Waals surface area contributed by atoms with Gasteiger partial charge in [0.25, 0.3) is 0 Å². The smallest absolute Gasteiger partial charge is 0.305 e. The van der Waals surface area contributed by atoms with Crippen molar-refractivity contribution in [3.63, 3.8) is 0 Å². The van der Waals surface area contributed by atoms with E-state index in [2.05, 4.69) is 20.7 Å². The maximum Gasteiger partial charge on any atom is 0.419 e. The van der Waals surface area contributed by atoms with Gasteiger partial charge in [-0.3, -0.25) is 9.36 Å². The van der Waals surface area contributed by atoms with Crippen LogP contribution in [0.25, 0.3) is 0 Å². The van der Waals surface area contributed by atoms with Crippen LogP contribution in [-0.2, 0) is 33.4 Å². The van der Waals surface area contributed by atoms with Gasteiger partial charge in [0.05, 0.1) is 23.1 Å². The van der Waals surface area contributed by atoms with Crippen LogP contribution in [-0.4, -0.2) is 24.8 Å². The second kappa shape index (κ2) is 5.00. The lowest BCUT2D eigenvalue weighted by atomic mass is 10.2. The molecule has 9 heteroatoms. The molecule has 0 amide bonds. The number of aryl methyl sites for hydroxylation is 2. The highest BCUT2D eigenvalue weighted by Gasteiger charge is 2.35. The lowest BCUT2D eigenvalue weighted by Gasteiger charge is -2.09. The fourth-order valence-electron chi connectivity index (χ4n) is 1.69. The number of nitrogens with one attached hydrogen (secondary N) is 1. The Kier molecular flexibility index (Phi) is 3.56. The number of hydrogen-bond acceptors (Lipinski definition) is 4. The molecule has 0 aliphatic rings. The summed E-state index contributed by atoms with van der Waals surface area (Å²) in [6.07, 6.45) is -1.86. The molecule has 0 spiro atoms. The highest BCUT2D eigenvalue weighted by molar-refractivity contribution is 5.21. The van der Waals surface area contributed by atoms with Gasteiger partial charge in [-0.1, -0.05) is 5.21 Å². The van der Waals surface area contributed by atoms with Crippen molar-refractivity contribution in [2.45, 2.75) is 19.3 Å². The first kappa shape index (κ1) is 13.5. The Morgan fingerprint density at radius 2 is 2.00 bits per heavy atom. The van der Waals surface area contributed by atoms with Crippen molar-refractivity contribution in [1.29, 1.82) is 0 Å². The molecule has 0 radical (unpaired) electrons. The van der Waals surface area contributed by atoms with Crippen LogP contribution < -0.4 is 5.32 Å². The normalized spacial score (nSPS) is 12.1. The third-order valence-electron chi connectivity index (χ3n) is 2.62. The summed E-state index contributed by atoms with van der Waals surface area (Å²) in [4.78, 5) is 0. The van der Waals surface area contributed by atoms with Gasteiger partial charge in [-0.15, -0.1) is 5.10 Å². The summed E-state index contributed by atoms with van der Waals surface area (Å²) in [5, 5.41) is 14.1. The van der Waals surface area contributed by atoms with Crippen LogP contribution in [0.3, 0.4) is 0 Å². The van der Waals surface area contributed by atoms with E-state index in [4.69, 9.17) is 0 Å². The van der Waals surface area contributed by atoms with Crippen molar-refractivity contribution in [3.8, 4) is 0 Å². The molecule has 0 atom stereocenters. The van der Waals surface area contributed by atoms with Gasteiger partial charge in [0, 0.05) is 33.4 Å². The van der Waals surface area contributed by atoms with Crippen LogP contribution in [0.1, 0.15) is 17.0 Å². The summed E-state index contributed by atoms with van der Waals surface area (Å²) >= 11 is 0. The number of halogens is 3. The third kappa shape index (κ3) is 3.11. The van der Waals surface area contributed by atoms with Crippen molar-refractivity contribution in [2.75, 3.05) is 0 Å². The van der Waals surface area contributed by atoms with Gasteiger partial charge in [-0.2, -0.15) is 18.3 Å². The summed E-state index contributed by atoms with van der Waals surface area (Å²) in [5.41, 5.74) is 0.0382. The zero-order chi connectivity index (χ0) is 14.0. The third-order valence-corrected chi connectivity index (χ3v) is 2.62. The van der Waals surface area contributed by atoms with Crippen LogP contribution >= 0.6 is 0 Å². The topological polar surface area (TPSA) is 60.6 Å². The van der Waals surface area contributed by atoms with E-state index in [-0.39, 0.29) is 12.2 Å². The Labute approximate surface area is 107 Å². The van der Waals surface area contributed by atoms with Crippen molar-refractivity contribution in [1.82, 2.24) is 30.1 Å². The van der Waals surface area contributed by atoms with Gasteiger partial charge in [0.1, 0.15) is 0 Å². The maximum absolute atomic E-state index is 12.7. The number of aromatic nitrogens is 5. The van der Waals surface area contributed by atoms with Crippen LogP contribution in [0.15, 0.2) is 12.4 Å². The van der Waals surface area contributed by atoms with Gasteiger partial charge >= 0.3 is 6.18 Å². The molecule has 1 N–H and O–H groups in total. The molecule has 0 aliphatic carbocycles. The first-order chi connectivity index (χ1) is 8.88. The van der Waals surface area contributed by atoms with Crippen LogP contribution in [0.4, 0.5) is 13.2 Å². The number of rotatable bonds is 4. The summed E-state index contributed by atoms with van der Waals surface area (Å²) in [5.74, 6) is 0. The van der Waals surface area contributed by atoms with E-state index < -0.39 is 11.7 Å². The number of nitrogens with zero attached hydrogens (tertiary/aromatic N) is 5. The van der Waals surface area contributed by atoms with Gasteiger partial charge in [0.2, 0.25) is 0 Å². The van der Waals surface area contributed by atoms with Crippen molar-refractivity contribution in [3.05, 3.63) is 29.3 Å². The van der Waals surface area contributed by atoms with Crippen LogP contribution in [0, 0.1) is 0 Å². The molecule has 104 valence electrons. The van der Waals surface area contributed by atoms with Crippen LogP contribution in [0.2, 0.25) is 0 Å². The molecular formula is C10H13F3N6. The molecule has 0 saturated heterocycles. The average molecular weight is 274 g/mol. The first-order valence-electron chi connectivity index (χ1n) is 5.52.